The van der Waals surface area contributed by atoms with Crippen molar-refractivity contribution in [1.29, 1.82) is 0 Å². The molecule has 248 valence electrons. The van der Waals surface area contributed by atoms with E-state index >= 15 is 0 Å². The Kier molecular flexibility index (Phi) is 9.34. The van der Waals surface area contributed by atoms with E-state index in [-0.39, 0.29) is 0 Å². The van der Waals surface area contributed by atoms with Crippen molar-refractivity contribution in [3.8, 4) is 34.1 Å². The fourth-order valence-corrected chi connectivity index (χ4v) is 7.19. The summed E-state index contributed by atoms with van der Waals surface area (Å²) in [5, 5.41) is 7.55. The molecule has 0 N–H and O–H groups in total. The van der Waals surface area contributed by atoms with Crippen molar-refractivity contribution in [2.45, 2.75) is 79.1 Å². The van der Waals surface area contributed by atoms with Crippen LogP contribution in [0.4, 0.5) is 0 Å². The summed E-state index contributed by atoms with van der Waals surface area (Å²) in [4.78, 5) is 4.82. The Hall–Kier alpha value is -5.16. The van der Waals surface area contributed by atoms with Gasteiger partial charge in [0.15, 0.2) is 0 Å². The quantitative estimate of drug-likeness (QED) is 0.124. The molecule has 0 bridgehead atoms. The first-order valence-electron chi connectivity index (χ1n) is 17.9. The van der Waals surface area contributed by atoms with Crippen molar-refractivity contribution in [3.63, 3.8) is 0 Å². The molecule has 0 aliphatic carbocycles. The summed E-state index contributed by atoms with van der Waals surface area (Å²) < 4.78 is 11.0. The Balaban J connectivity index is 1.28. The maximum atomic E-state index is 6.62. The molecule has 0 aliphatic heterocycles. The number of ether oxygens (including phenoxy) is 1. The smallest absolute Gasteiger partial charge is 0.137 e. The predicted molar refractivity (Wildman–Crippen MR) is 204 cm³/mol. The minimum atomic E-state index is 0.515. The van der Waals surface area contributed by atoms with E-state index in [0.29, 0.717) is 5.92 Å². The molecule has 0 amide bonds. The van der Waals surface area contributed by atoms with Gasteiger partial charge in [-0.25, -0.2) is 9.67 Å². The predicted octanol–water partition coefficient (Wildman–Crippen LogP) is 11.9. The molecule has 0 aliphatic rings. The third kappa shape index (κ3) is 6.38. The van der Waals surface area contributed by atoms with E-state index in [1.54, 1.807) is 0 Å². The second-order valence-corrected chi connectivity index (χ2v) is 13.2. The highest BCUT2D eigenvalue weighted by molar-refractivity contribution is 6.09. The van der Waals surface area contributed by atoms with E-state index in [1.807, 2.05) is 18.3 Å². The number of unbranched alkanes of at least 4 members (excludes halogenated alkanes) is 2. The zero-order valence-electron chi connectivity index (χ0n) is 29.4. The minimum absolute atomic E-state index is 0.515. The normalized spacial score (nSPS) is 12.2. The molecule has 7 aromatic rings. The van der Waals surface area contributed by atoms with Crippen LogP contribution < -0.4 is 4.74 Å². The second-order valence-electron chi connectivity index (χ2n) is 13.2. The Morgan fingerprint density at radius 1 is 0.735 bits per heavy atom. The first kappa shape index (κ1) is 32.4. The Morgan fingerprint density at radius 3 is 2.35 bits per heavy atom. The van der Waals surface area contributed by atoms with Gasteiger partial charge in [0.25, 0.3) is 0 Å². The summed E-state index contributed by atoms with van der Waals surface area (Å²) in [6.45, 7) is 11.1. The lowest BCUT2D eigenvalue weighted by molar-refractivity contribution is 0.482. The van der Waals surface area contributed by atoms with Gasteiger partial charge in [0.2, 0.25) is 0 Å². The van der Waals surface area contributed by atoms with Crippen LogP contribution in [0.25, 0.3) is 44.4 Å². The molecular weight excluding hydrogens is 601 g/mol. The van der Waals surface area contributed by atoms with Gasteiger partial charge in [-0.15, -0.1) is 0 Å². The molecule has 7 rings (SSSR count). The molecule has 5 heteroatoms. The van der Waals surface area contributed by atoms with Crippen LogP contribution in [0, 0.1) is 6.92 Å². The number of pyridine rings is 1. The van der Waals surface area contributed by atoms with Gasteiger partial charge < -0.3 is 4.74 Å². The lowest BCUT2D eigenvalue weighted by atomic mass is 9.94. The van der Waals surface area contributed by atoms with Crippen LogP contribution in [0.3, 0.4) is 0 Å². The number of rotatable bonds is 12. The Labute approximate surface area is 290 Å². The largest absolute Gasteiger partial charge is 0.457 e. The Morgan fingerprint density at radius 2 is 1.57 bits per heavy atom. The van der Waals surface area contributed by atoms with Crippen LogP contribution in [0.2, 0.25) is 0 Å². The summed E-state index contributed by atoms with van der Waals surface area (Å²) in [5.41, 5.74) is 10.6. The molecule has 3 heterocycles. The van der Waals surface area contributed by atoms with Crippen molar-refractivity contribution >= 4 is 21.8 Å². The summed E-state index contributed by atoms with van der Waals surface area (Å²) in [6, 6.07) is 36.5. The molecule has 49 heavy (non-hydrogen) atoms. The lowest BCUT2D eigenvalue weighted by Gasteiger charge is -2.12. The topological polar surface area (TPSA) is 44.9 Å². The highest BCUT2D eigenvalue weighted by atomic mass is 16.5. The maximum absolute atomic E-state index is 6.62. The van der Waals surface area contributed by atoms with Crippen LogP contribution in [-0.4, -0.2) is 19.3 Å². The van der Waals surface area contributed by atoms with Gasteiger partial charge in [-0.2, -0.15) is 5.10 Å². The molecular formula is C44H46N4O. The van der Waals surface area contributed by atoms with Gasteiger partial charge in [0.1, 0.15) is 17.3 Å². The van der Waals surface area contributed by atoms with Crippen LogP contribution in [0.1, 0.15) is 81.8 Å². The minimum Gasteiger partial charge on any atom is -0.457 e. The molecule has 0 fully saturated rings. The number of aromatic nitrogens is 4. The molecule has 4 aromatic carbocycles. The third-order valence-electron chi connectivity index (χ3n) is 9.79. The monoisotopic (exact) mass is 646 g/mol. The van der Waals surface area contributed by atoms with Gasteiger partial charge >= 0.3 is 0 Å². The zero-order valence-corrected chi connectivity index (χ0v) is 29.4. The standard InChI is InChI=1S/C44H46N4O/c1-6-9-11-15-31(5)33-20-23-41-38(27-33)37-22-21-36(29-42(37)47(41)43-26-30(4)24-25-45-43)49-35-19-14-18-34(28-35)48-40(8-3)44(39(7-2)46-48)32-16-12-10-13-17-32/h10,12-14,16-29,31H,6-9,11,15H2,1-5H3. The van der Waals surface area contributed by atoms with Crippen molar-refractivity contribution in [2.24, 2.45) is 0 Å². The van der Waals surface area contributed by atoms with Gasteiger partial charge in [0.05, 0.1) is 28.1 Å². The van der Waals surface area contributed by atoms with Gasteiger partial charge in [-0.1, -0.05) is 89.4 Å². The Bertz CT molecular complexity index is 2230. The van der Waals surface area contributed by atoms with Crippen LogP contribution in [-0.2, 0) is 12.8 Å². The number of hydrogen-bond donors (Lipinski definition) is 0. The molecule has 1 atom stereocenters. The molecule has 0 radical (unpaired) electrons. The number of aryl methyl sites for hydroxylation is 2. The first-order valence-corrected chi connectivity index (χ1v) is 17.9. The second kappa shape index (κ2) is 14.1. The van der Waals surface area contributed by atoms with Crippen LogP contribution in [0.5, 0.6) is 11.5 Å². The summed E-state index contributed by atoms with van der Waals surface area (Å²) in [5.74, 6) is 2.98. The molecule has 5 nitrogen and oxygen atoms in total. The summed E-state index contributed by atoms with van der Waals surface area (Å²) in [6.07, 6.45) is 8.63. The van der Waals surface area contributed by atoms with Crippen molar-refractivity contribution < 1.29 is 4.74 Å². The molecule has 0 saturated carbocycles. The average Bonchev–Trinajstić information content (AvgIpc) is 3.67. The van der Waals surface area contributed by atoms with E-state index in [4.69, 9.17) is 14.8 Å². The highest BCUT2D eigenvalue weighted by Gasteiger charge is 2.20. The number of nitrogens with zero attached hydrogens (tertiary/aromatic N) is 4. The van der Waals surface area contributed by atoms with Crippen molar-refractivity contribution in [2.75, 3.05) is 0 Å². The molecule has 0 saturated heterocycles. The molecule has 0 spiro atoms. The lowest BCUT2D eigenvalue weighted by Crippen LogP contribution is -2.02. The molecule has 1 unspecified atom stereocenters. The van der Waals surface area contributed by atoms with Crippen LogP contribution in [0.15, 0.2) is 109 Å². The SMILES string of the molecule is CCCCCC(C)c1ccc2c(c1)c1ccc(Oc3cccc(-n4nc(CC)c(-c5ccccc5)c4CC)c3)cc1n2-c1cc(C)ccn1. The molecule has 3 aromatic heterocycles. The van der Waals surface area contributed by atoms with Crippen LogP contribution >= 0.6 is 0 Å². The van der Waals surface area contributed by atoms with Gasteiger partial charge in [-0.05, 0) is 97.3 Å². The van der Waals surface area contributed by atoms with Gasteiger partial charge in [-0.3, -0.25) is 4.57 Å². The van der Waals surface area contributed by atoms with E-state index < -0.39 is 0 Å². The van der Waals surface area contributed by atoms with Gasteiger partial charge in [0, 0.05) is 34.7 Å². The highest BCUT2D eigenvalue weighted by Crippen LogP contribution is 2.38. The van der Waals surface area contributed by atoms with E-state index in [0.717, 1.165) is 52.6 Å². The third-order valence-corrected chi connectivity index (χ3v) is 9.79. The fraction of sp³-hybridized carbons (Fsp3) is 0.273. The maximum Gasteiger partial charge on any atom is 0.137 e. The number of benzene rings is 4. The number of fused-ring (bicyclic) bond motifs is 3. The van der Waals surface area contributed by atoms with Crippen molar-refractivity contribution in [1.82, 2.24) is 19.3 Å². The summed E-state index contributed by atoms with van der Waals surface area (Å²) >= 11 is 0. The van der Waals surface area contributed by atoms with Crippen molar-refractivity contribution in [3.05, 3.63) is 132 Å². The first-order chi connectivity index (χ1) is 24.0. The fourth-order valence-electron chi connectivity index (χ4n) is 7.19. The van der Waals surface area contributed by atoms with E-state index in [9.17, 15) is 0 Å². The van der Waals surface area contributed by atoms with E-state index in [2.05, 4.69) is 135 Å². The van der Waals surface area contributed by atoms with E-state index in [1.165, 1.54) is 64.4 Å². The zero-order chi connectivity index (χ0) is 33.9. The number of hydrogen-bond acceptors (Lipinski definition) is 3. The summed E-state index contributed by atoms with van der Waals surface area (Å²) in [7, 11) is 0. The average molecular weight is 647 g/mol.